The number of hydrogen-bond acceptors (Lipinski definition) is 4. The van der Waals surface area contributed by atoms with Crippen molar-refractivity contribution in [2.24, 2.45) is 0 Å². The lowest BCUT2D eigenvalue weighted by Crippen LogP contribution is -1.99. The number of carboxylic acid groups (broad SMARTS) is 1. The second-order valence-corrected chi connectivity index (χ2v) is 5.43. The van der Waals surface area contributed by atoms with Gasteiger partial charge in [0.15, 0.2) is 0 Å². The van der Waals surface area contributed by atoms with E-state index in [1.54, 1.807) is 11.3 Å². The first-order valence-electron chi connectivity index (χ1n) is 6.41. The molecule has 2 N–H and O–H groups in total. The van der Waals surface area contributed by atoms with E-state index in [1.807, 2.05) is 29.6 Å². The summed E-state index contributed by atoms with van der Waals surface area (Å²) in [7, 11) is 0. The van der Waals surface area contributed by atoms with Crippen molar-refractivity contribution in [1.29, 1.82) is 0 Å². The molecule has 2 aromatic heterocycles. The molecular weight excluding hydrogens is 286 g/mol. The average Bonchev–Trinajstić information content (AvgIpc) is 3.17. The van der Waals surface area contributed by atoms with E-state index in [-0.39, 0.29) is 5.56 Å². The smallest absolute Gasteiger partial charge is 0.338 e. The summed E-state index contributed by atoms with van der Waals surface area (Å²) in [5.41, 5.74) is 2.28. The first-order chi connectivity index (χ1) is 10.2. The zero-order chi connectivity index (χ0) is 14.7. The number of benzene rings is 1. The molecule has 0 aliphatic rings. The van der Waals surface area contributed by atoms with E-state index in [9.17, 15) is 4.79 Å². The molecule has 4 nitrogen and oxygen atoms in total. The van der Waals surface area contributed by atoms with Gasteiger partial charge in [-0.3, -0.25) is 0 Å². The lowest BCUT2D eigenvalue weighted by Gasteiger charge is -2.09. The second kappa shape index (κ2) is 5.85. The van der Waals surface area contributed by atoms with E-state index in [1.165, 1.54) is 17.2 Å². The Balaban J connectivity index is 1.77. The van der Waals surface area contributed by atoms with Crippen LogP contribution in [0.1, 0.15) is 16.1 Å². The van der Waals surface area contributed by atoms with Gasteiger partial charge in [-0.1, -0.05) is 24.3 Å². The minimum Gasteiger partial charge on any atom is -0.478 e. The van der Waals surface area contributed by atoms with Crippen molar-refractivity contribution in [2.75, 3.05) is 5.32 Å². The van der Waals surface area contributed by atoms with Crippen molar-refractivity contribution in [2.45, 2.75) is 6.54 Å². The van der Waals surface area contributed by atoms with Crippen molar-refractivity contribution < 1.29 is 14.3 Å². The molecule has 0 atom stereocenters. The fraction of sp³-hybridized carbons (Fsp3) is 0.0625. The predicted octanol–water partition coefficient (Wildman–Crippen LogP) is 4.32. The maximum Gasteiger partial charge on any atom is 0.338 e. The summed E-state index contributed by atoms with van der Waals surface area (Å²) >= 11 is 1.68. The number of aromatic carboxylic acids is 1. The number of carbonyl (C=O) groups is 1. The summed E-state index contributed by atoms with van der Waals surface area (Å²) in [5.74, 6) is -0.391. The largest absolute Gasteiger partial charge is 0.478 e. The summed E-state index contributed by atoms with van der Waals surface area (Å²) in [6.07, 6.45) is 1.25. The van der Waals surface area contributed by atoms with E-state index in [0.29, 0.717) is 12.3 Å². The van der Waals surface area contributed by atoms with Crippen LogP contribution in [0.15, 0.2) is 58.5 Å². The molecule has 0 unspecified atom stereocenters. The molecule has 3 rings (SSSR count). The SMILES string of the molecule is O=C(O)c1coc(CNc2ccccc2-c2cccs2)c1. The fourth-order valence-corrected chi connectivity index (χ4v) is 2.82. The van der Waals surface area contributed by atoms with E-state index >= 15 is 0 Å². The van der Waals surface area contributed by atoms with Crippen LogP contribution in [0.25, 0.3) is 10.4 Å². The third-order valence-electron chi connectivity index (χ3n) is 3.07. The molecule has 0 bridgehead atoms. The van der Waals surface area contributed by atoms with Crippen LogP contribution in [-0.4, -0.2) is 11.1 Å². The van der Waals surface area contributed by atoms with E-state index < -0.39 is 5.97 Å². The van der Waals surface area contributed by atoms with Gasteiger partial charge in [0.1, 0.15) is 12.0 Å². The Labute approximate surface area is 125 Å². The molecule has 0 aliphatic heterocycles. The highest BCUT2D eigenvalue weighted by Crippen LogP contribution is 2.31. The molecule has 0 spiro atoms. The molecule has 0 radical (unpaired) electrons. The highest BCUT2D eigenvalue weighted by atomic mass is 32.1. The van der Waals surface area contributed by atoms with Gasteiger partial charge in [0.25, 0.3) is 0 Å². The van der Waals surface area contributed by atoms with Crippen molar-refractivity contribution in [1.82, 2.24) is 0 Å². The van der Waals surface area contributed by atoms with Gasteiger partial charge in [0.05, 0.1) is 12.1 Å². The second-order valence-electron chi connectivity index (χ2n) is 4.48. The van der Waals surface area contributed by atoms with E-state index in [0.717, 1.165) is 11.3 Å². The summed E-state index contributed by atoms with van der Waals surface area (Å²) < 4.78 is 5.24. The Morgan fingerprint density at radius 3 is 2.81 bits per heavy atom. The summed E-state index contributed by atoms with van der Waals surface area (Å²) in [6.45, 7) is 0.440. The van der Waals surface area contributed by atoms with E-state index in [2.05, 4.69) is 17.4 Å². The minimum absolute atomic E-state index is 0.165. The van der Waals surface area contributed by atoms with Crippen LogP contribution in [0.3, 0.4) is 0 Å². The minimum atomic E-state index is -0.982. The third kappa shape index (κ3) is 2.98. The normalized spacial score (nSPS) is 10.5. The zero-order valence-corrected chi connectivity index (χ0v) is 11.9. The molecule has 5 heteroatoms. The lowest BCUT2D eigenvalue weighted by molar-refractivity contribution is 0.0696. The Morgan fingerprint density at radius 2 is 2.10 bits per heavy atom. The Hall–Kier alpha value is -2.53. The molecule has 0 amide bonds. The molecule has 0 fully saturated rings. The molecule has 21 heavy (non-hydrogen) atoms. The van der Waals surface area contributed by atoms with Crippen LogP contribution in [0.4, 0.5) is 5.69 Å². The van der Waals surface area contributed by atoms with Crippen LogP contribution in [0, 0.1) is 0 Å². The van der Waals surface area contributed by atoms with Gasteiger partial charge in [-0.15, -0.1) is 11.3 Å². The summed E-state index contributed by atoms with van der Waals surface area (Å²) in [5, 5.41) is 14.2. The molecular formula is C16H13NO3S. The number of nitrogens with one attached hydrogen (secondary N) is 1. The molecule has 106 valence electrons. The van der Waals surface area contributed by atoms with Crippen LogP contribution < -0.4 is 5.32 Å². The number of carboxylic acids is 1. The first kappa shape index (κ1) is 13.5. The number of para-hydroxylation sites is 1. The molecule has 1 aromatic carbocycles. The van der Waals surface area contributed by atoms with Gasteiger partial charge in [0.2, 0.25) is 0 Å². The zero-order valence-electron chi connectivity index (χ0n) is 11.1. The number of anilines is 1. The molecule has 0 saturated carbocycles. The Morgan fingerprint density at radius 1 is 1.24 bits per heavy atom. The van der Waals surface area contributed by atoms with Crippen molar-refractivity contribution >= 4 is 23.0 Å². The highest BCUT2D eigenvalue weighted by Gasteiger charge is 2.09. The van der Waals surface area contributed by atoms with Gasteiger partial charge in [-0.25, -0.2) is 4.79 Å². The van der Waals surface area contributed by atoms with Gasteiger partial charge in [0, 0.05) is 16.1 Å². The number of furan rings is 1. The summed E-state index contributed by atoms with van der Waals surface area (Å²) in [4.78, 5) is 12.0. The molecule has 2 heterocycles. The number of hydrogen-bond donors (Lipinski definition) is 2. The Kier molecular flexibility index (Phi) is 3.75. The van der Waals surface area contributed by atoms with Gasteiger partial charge < -0.3 is 14.8 Å². The van der Waals surface area contributed by atoms with Gasteiger partial charge in [-0.2, -0.15) is 0 Å². The highest BCUT2D eigenvalue weighted by molar-refractivity contribution is 7.13. The predicted molar refractivity (Wildman–Crippen MR) is 82.7 cm³/mol. The third-order valence-corrected chi connectivity index (χ3v) is 3.97. The number of rotatable bonds is 5. The fourth-order valence-electron chi connectivity index (χ4n) is 2.05. The van der Waals surface area contributed by atoms with Gasteiger partial charge >= 0.3 is 5.97 Å². The lowest BCUT2D eigenvalue weighted by atomic mass is 10.1. The summed E-state index contributed by atoms with van der Waals surface area (Å²) in [6, 6.07) is 13.6. The van der Waals surface area contributed by atoms with Crippen LogP contribution in [0.5, 0.6) is 0 Å². The van der Waals surface area contributed by atoms with Crippen molar-refractivity contribution in [3.63, 3.8) is 0 Å². The van der Waals surface area contributed by atoms with Crippen LogP contribution in [0.2, 0.25) is 0 Å². The monoisotopic (exact) mass is 299 g/mol. The first-order valence-corrected chi connectivity index (χ1v) is 7.29. The standard InChI is InChI=1S/C16H13NO3S/c18-16(19)11-8-12(20-10-11)9-17-14-5-2-1-4-13(14)15-6-3-7-21-15/h1-8,10,17H,9H2,(H,18,19). The average molecular weight is 299 g/mol. The topological polar surface area (TPSA) is 62.5 Å². The van der Waals surface area contributed by atoms with Crippen molar-refractivity contribution in [3.8, 4) is 10.4 Å². The van der Waals surface area contributed by atoms with Crippen molar-refractivity contribution in [3.05, 3.63) is 65.4 Å². The van der Waals surface area contributed by atoms with Crippen LogP contribution in [-0.2, 0) is 6.54 Å². The number of thiophene rings is 1. The van der Waals surface area contributed by atoms with E-state index in [4.69, 9.17) is 9.52 Å². The van der Waals surface area contributed by atoms with Crippen LogP contribution >= 0.6 is 11.3 Å². The Bertz CT molecular complexity index is 746. The quantitative estimate of drug-likeness (QED) is 0.736. The maximum absolute atomic E-state index is 10.8. The van der Waals surface area contributed by atoms with Gasteiger partial charge in [-0.05, 0) is 23.6 Å². The molecule has 3 aromatic rings. The maximum atomic E-state index is 10.8. The molecule has 0 aliphatic carbocycles. The molecule has 0 saturated heterocycles.